The van der Waals surface area contributed by atoms with Crippen molar-refractivity contribution in [3.63, 3.8) is 0 Å². The molecule has 0 bridgehead atoms. The first kappa shape index (κ1) is 13.9. The van der Waals surface area contributed by atoms with E-state index in [1.54, 1.807) is 13.2 Å². The van der Waals surface area contributed by atoms with Crippen molar-refractivity contribution in [3.8, 4) is 0 Å². The molecular formula is C15H21NO3. The van der Waals surface area contributed by atoms with Crippen LogP contribution >= 0.6 is 0 Å². The average Bonchev–Trinajstić information content (AvgIpc) is 2.91. The Labute approximate surface area is 113 Å². The molecule has 1 aliphatic rings. The smallest absolute Gasteiger partial charge is 0.244 e. The lowest BCUT2D eigenvalue weighted by Crippen LogP contribution is -2.34. The summed E-state index contributed by atoms with van der Waals surface area (Å²) in [5.41, 5.74) is 0. The van der Waals surface area contributed by atoms with Crippen LogP contribution in [0.5, 0.6) is 0 Å². The summed E-state index contributed by atoms with van der Waals surface area (Å²) < 4.78 is 10.6. The van der Waals surface area contributed by atoms with E-state index in [1.165, 1.54) is 12.5 Å². The lowest BCUT2D eigenvalue weighted by Gasteiger charge is -2.10. The molecule has 0 radical (unpaired) electrons. The summed E-state index contributed by atoms with van der Waals surface area (Å²) >= 11 is 0. The molecule has 1 aliphatic carbocycles. The molecule has 19 heavy (non-hydrogen) atoms. The zero-order valence-electron chi connectivity index (χ0n) is 11.7. The number of furan rings is 1. The molecule has 0 aliphatic heterocycles. The van der Waals surface area contributed by atoms with Gasteiger partial charge in [0, 0.05) is 25.1 Å². The van der Waals surface area contributed by atoms with Crippen molar-refractivity contribution in [1.29, 1.82) is 0 Å². The van der Waals surface area contributed by atoms with Crippen LogP contribution in [-0.4, -0.2) is 25.7 Å². The Morgan fingerprint density at radius 3 is 3.00 bits per heavy atom. The van der Waals surface area contributed by atoms with Gasteiger partial charge in [0.25, 0.3) is 0 Å². The highest BCUT2D eigenvalue weighted by molar-refractivity contribution is 5.91. The van der Waals surface area contributed by atoms with Crippen molar-refractivity contribution >= 4 is 12.0 Å². The van der Waals surface area contributed by atoms with Gasteiger partial charge in [0.05, 0.1) is 6.61 Å². The van der Waals surface area contributed by atoms with Gasteiger partial charge in [-0.05, 0) is 37.5 Å². The fourth-order valence-corrected chi connectivity index (χ4v) is 2.12. The minimum Gasteiger partial charge on any atom is -0.461 e. The number of nitrogens with one attached hydrogen (secondary N) is 1. The molecule has 104 valence electrons. The van der Waals surface area contributed by atoms with Crippen LogP contribution < -0.4 is 5.32 Å². The molecule has 0 saturated heterocycles. The zero-order valence-corrected chi connectivity index (χ0v) is 11.7. The van der Waals surface area contributed by atoms with Gasteiger partial charge in [-0.25, -0.2) is 0 Å². The van der Waals surface area contributed by atoms with Crippen LogP contribution in [0, 0.1) is 5.92 Å². The van der Waals surface area contributed by atoms with Crippen molar-refractivity contribution in [1.82, 2.24) is 5.32 Å². The third kappa shape index (κ3) is 3.96. The summed E-state index contributed by atoms with van der Waals surface area (Å²) in [6, 6.07) is 3.91. The van der Waals surface area contributed by atoms with Gasteiger partial charge >= 0.3 is 0 Å². The molecule has 1 heterocycles. The maximum Gasteiger partial charge on any atom is 0.244 e. The number of ether oxygens (including phenoxy) is 1. The molecule has 1 saturated carbocycles. The number of hydrogen-bond donors (Lipinski definition) is 1. The molecule has 4 heteroatoms. The SMILES string of the molecule is COCC(C)NC(=O)/C=C/c1ccc(C2CC2C)o1. The molecule has 2 rings (SSSR count). The summed E-state index contributed by atoms with van der Waals surface area (Å²) in [5.74, 6) is 2.91. The summed E-state index contributed by atoms with van der Waals surface area (Å²) in [4.78, 5) is 11.6. The zero-order chi connectivity index (χ0) is 13.8. The number of carbonyl (C=O) groups is 1. The summed E-state index contributed by atoms with van der Waals surface area (Å²) in [6.45, 7) is 4.62. The van der Waals surface area contributed by atoms with E-state index in [1.807, 2.05) is 19.1 Å². The molecule has 0 aromatic carbocycles. The fourth-order valence-electron chi connectivity index (χ4n) is 2.12. The summed E-state index contributed by atoms with van der Waals surface area (Å²) in [7, 11) is 1.61. The van der Waals surface area contributed by atoms with Gasteiger partial charge in [-0.2, -0.15) is 0 Å². The quantitative estimate of drug-likeness (QED) is 0.802. The van der Waals surface area contributed by atoms with Crippen LogP contribution in [0.3, 0.4) is 0 Å². The van der Waals surface area contributed by atoms with Crippen molar-refractivity contribution in [2.75, 3.05) is 13.7 Å². The average molecular weight is 263 g/mol. The molecule has 3 atom stereocenters. The molecule has 1 aromatic rings. The van der Waals surface area contributed by atoms with E-state index < -0.39 is 0 Å². The normalized spacial score (nSPS) is 23.5. The molecular weight excluding hydrogens is 242 g/mol. The van der Waals surface area contributed by atoms with Crippen LogP contribution in [0.2, 0.25) is 0 Å². The van der Waals surface area contributed by atoms with E-state index >= 15 is 0 Å². The Kier molecular flexibility index (Phi) is 4.43. The first-order valence-corrected chi connectivity index (χ1v) is 6.67. The molecule has 0 spiro atoms. The third-order valence-electron chi connectivity index (χ3n) is 3.33. The monoisotopic (exact) mass is 263 g/mol. The Morgan fingerprint density at radius 1 is 1.63 bits per heavy atom. The Balaban J connectivity index is 1.84. The largest absolute Gasteiger partial charge is 0.461 e. The Morgan fingerprint density at radius 2 is 2.37 bits per heavy atom. The van der Waals surface area contributed by atoms with Crippen LogP contribution in [0.15, 0.2) is 22.6 Å². The van der Waals surface area contributed by atoms with E-state index in [9.17, 15) is 4.79 Å². The van der Waals surface area contributed by atoms with E-state index in [4.69, 9.17) is 9.15 Å². The van der Waals surface area contributed by atoms with Gasteiger partial charge in [0.15, 0.2) is 0 Å². The van der Waals surface area contributed by atoms with Crippen LogP contribution in [-0.2, 0) is 9.53 Å². The van der Waals surface area contributed by atoms with Crippen molar-refractivity contribution in [2.24, 2.45) is 5.92 Å². The lowest BCUT2D eigenvalue weighted by molar-refractivity contribution is -0.117. The molecule has 1 amide bonds. The Hall–Kier alpha value is -1.55. The number of carbonyl (C=O) groups excluding carboxylic acids is 1. The van der Waals surface area contributed by atoms with Gasteiger partial charge in [-0.1, -0.05) is 6.92 Å². The topological polar surface area (TPSA) is 51.5 Å². The number of rotatable bonds is 6. The summed E-state index contributed by atoms with van der Waals surface area (Å²) in [5, 5.41) is 2.81. The first-order valence-electron chi connectivity index (χ1n) is 6.67. The first-order chi connectivity index (χ1) is 9.10. The second-order valence-corrected chi connectivity index (χ2v) is 5.26. The second kappa shape index (κ2) is 6.06. The standard InChI is InChI=1S/C15H21NO3/c1-10-8-13(10)14-6-4-12(19-14)5-7-15(17)16-11(2)9-18-3/h4-7,10-11,13H,8-9H2,1-3H3,(H,16,17)/b7-5+. The predicted octanol–water partition coefficient (Wildman–Crippen LogP) is 2.57. The second-order valence-electron chi connectivity index (χ2n) is 5.26. The van der Waals surface area contributed by atoms with Crippen LogP contribution in [0.25, 0.3) is 6.08 Å². The molecule has 1 aromatic heterocycles. The minimum atomic E-state index is -0.137. The van der Waals surface area contributed by atoms with Gasteiger partial charge in [0.1, 0.15) is 11.5 Å². The molecule has 1 fully saturated rings. The fraction of sp³-hybridized carbons (Fsp3) is 0.533. The van der Waals surface area contributed by atoms with E-state index in [2.05, 4.69) is 12.2 Å². The number of hydrogen-bond acceptors (Lipinski definition) is 3. The lowest BCUT2D eigenvalue weighted by atomic mass is 10.3. The number of amides is 1. The van der Waals surface area contributed by atoms with Gasteiger partial charge < -0.3 is 14.5 Å². The summed E-state index contributed by atoms with van der Waals surface area (Å²) in [6.07, 6.45) is 4.39. The molecule has 1 N–H and O–H groups in total. The predicted molar refractivity (Wildman–Crippen MR) is 73.7 cm³/mol. The van der Waals surface area contributed by atoms with E-state index in [-0.39, 0.29) is 11.9 Å². The molecule has 4 nitrogen and oxygen atoms in total. The maximum absolute atomic E-state index is 11.6. The minimum absolute atomic E-state index is 0.00151. The van der Waals surface area contributed by atoms with Crippen molar-refractivity contribution in [3.05, 3.63) is 29.7 Å². The van der Waals surface area contributed by atoms with Gasteiger partial charge in [-0.3, -0.25) is 4.79 Å². The Bertz CT molecular complexity index is 464. The van der Waals surface area contributed by atoms with Crippen molar-refractivity contribution < 1.29 is 13.9 Å². The highest BCUT2D eigenvalue weighted by atomic mass is 16.5. The highest BCUT2D eigenvalue weighted by Gasteiger charge is 2.36. The van der Waals surface area contributed by atoms with Crippen LogP contribution in [0.1, 0.15) is 37.7 Å². The van der Waals surface area contributed by atoms with Crippen LogP contribution in [0.4, 0.5) is 0 Å². The van der Waals surface area contributed by atoms with E-state index in [0.717, 1.165) is 17.4 Å². The van der Waals surface area contributed by atoms with E-state index in [0.29, 0.717) is 12.5 Å². The van der Waals surface area contributed by atoms with Gasteiger partial charge in [0.2, 0.25) is 5.91 Å². The maximum atomic E-state index is 11.6. The van der Waals surface area contributed by atoms with Crippen molar-refractivity contribution in [2.45, 2.75) is 32.2 Å². The molecule has 3 unspecified atom stereocenters. The highest BCUT2D eigenvalue weighted by Crippen LogP contribution is 2.47. The number of methoxy groups -OCH3 is 1. The third-order valence-corrected chi connectivity index (χ3v) is 3.33. The van der Waals surface area contributed by atoms with Gasteiger partial charge in [-0.15, -0.1) is 0 Å².